The largest absolute Gasteiger partial charge is 1.00 e. The number of halogens is 2. The first-order valence-corrected chi connectivity index (χ1v) is 21.6. The van der Waals surface area contributed by atoms with Gasteiger partial charge in [-0.3, -0.25) is 0 Å². The van der Waals surface area contributed by atoms with E-state index in [9.17, 15) is 5.11 Å². The Kier molecular flexibility index (Phi) is 37.2. The molecular formula is C45H80Br2N2O3. The molecule has 0 atom stereocenters. The Balaban J connectivity index is 0.0000130. The molecule has 0 radical (unpaired) electrons. The van der Waals surface area contributed by atoms with Crippen molar-refractivity contribution in [1.82, 2.24) is 0 Å². The maximum atomic E-state index is 10.8. The van der Waals surface area contributed by atoms with Gasteiger partial charge in [0.05, 0.1) is 13.2 Å². The van der Waals surface area contributed by atoms with E-state index in [0.29, 0.717) is 13.1 Å². The first kappa shape index (κ1) is 50.8. The van der Waals surface area contributed by atoms with Crippen molar-refractivity contribution in [2.75, 3.05) is 13.2 Å². The summed E-state index contributed by atoms with van der Waals surface area (Å²) in [6, 6.07) is 8.04. The number of unbranched alkanes of at least 4 members (excludes halogenated alkanes) is 26. The van der Waals surface area contributed by atoms with Crippen LogP contribution in [-0.4, -0.2) is 24.4 Å². The van der Waals surface area contributed by atoms with Gasteiger partial charge in [0.1, 0.15) is 0 Å². The van der Waals surface area contributed by atoms with Gasteiger partial charge in [-0.2, -0.15) is 9.13 Å². The van der Waals surface area contributed by atoms with Crippen LogP contribution in [0.25, 0.3) is 0 Å². The molecule has 2 rings (SSSR count). The van der Waals surface area contributed by atoms with E-state index in [1.807, 2.05) is 58.2 Å². The van der Waals surface area contributed by atoms with Gasteiger partial charge in [-0.25, -0.2) is 0 Å². The first-order valence-electron chi connectivity index (χ1n) is 21.6. The summed E-state index contributed by atoms with van der Waals surface area (Å²) in [6.07, 6.45) is 45.7. The molecule has 52 heavy (non-hydrogen) atoms. The summed E-state index contributed by atoms with van der Waals surface area (Å²) in [7, 11) is 0. The van der Waals surface area contributed by atoms with Crippen molar-refractivity contribution in [3.8, 4) is 11.5 Å². The average molecular weight is 857 g/mol. The van der Waals surface area contributed by atoms with E-state index in [2.05, 4.69) is 13.8 Å². The summed E-state index contributed by atoms with van der Waals surface area (Å²) in [5.41, 5.74) is 0. The van der Waals surface area contributed by atoms with E-state index >= 15 is 0 Å². The molecule has 0 spiro atoms. The molecule has 0 amide bonds. The highest BCUT2D eigenvalue weighted by atomic mass is 79.9. The van der Waals surface area contributed by atoms with E-state index in [-0.39, 0.29) is 34.0 Å². The fraction of sp³-hybridized carbons (Fsp3) is 0.778. The third-order valence-electron chi connectivity index (χ3n) is 10.0. The summed E-state index contributed by atoms with van der Waals surface area (Å²) >= 11 is 0. The highest BCUT2D eigenvalue weighted by Crippen LogP contribution is 2.15. The standard InChI is InChI=1S/C45H80N2O3.2BrH/c1-3-5-7-9-11-13-15-17-19-21-23-25-27-29-37-49-44-33-31-35-46(41-44)39-43(48)40-47-36-32-34-45(42-47)50-38-30-28-26-24-22-20-18-16-14-12-10-8-6-4-2;;/h31-36,41-43,48H,3-30,37-40H2,1-2H3;2*1H/q+2;;/p-2. The molecule has 0 bridgehead atoms. The fourth-order valence-electron chi connectivity index (χ4n) is 6.91. The molecule has 0 saturated heterocycles. The average Bonchev–Trinajstić information content (AvgIpc) is 3.12. The van der Waals surface area contributed by atoms with Gasteiger partial charge in [0.2, 0.25) is 12.4 Å². The number of hydrogen-bond acceptors (Lipinski definition) is 3. The lowest BCUT2D eigenvalue weighted by atomic mass is 10.0. The molecule has 1 N–H and O–H groups in total. The molecule has 2 aromatic heterocycles. The maximum absolute atomic E-state index is 10.8. The molecular weight excluding hydrogens is 776 g/mol. The molecule has 0 unspecified atom stereocenters. The minimum Gasteiger partial charge on any atom is -1.00 e. The number of rotatable bonds is 36. The van der Waals surface area contributed by atoms with Crippen LogP contribution in [0.5, 0.6) is 11.5 Å². The topological polar surface area (TPSA) is 46.5 Å². The predicted octanol–water partition coefficient (Wildman–Crippen LogP) is 6.05. The molecule has 0 aliphatic heterocycles. The monoisotopic (exact) mass is 854 g/mol. The second-order valence-corrected chi connectivity index (χ2v) is 15.0. The van der Waals surface area contributed by atoms with Crippen LogP contribution < -0.4 is 52.6 Å². The van der Waals surface area contributed by atoms with Crippen LogP contribution in [0.2, 0.25) is 0 Å². The lowest BCUT2D eigenvalue weighted by Crippen LogP contribution is -3.00. The van der Waals surface area contributed by atoms with Gasteiger partial charge in [0, 0.05) is 12.1 Å². The van der Waals surface area contributed by atoms with Crippen LogP contribution in [0.4, 0.5) is 0 Å². The highest BCUT2D eigenvalue weighted by molar-refractivity contribution is 5.13. The Hall–Kier alpha value is -1.18. The van der Waals surface area contributed by atoms with E-state index in [1.54, 1.807) is 0 Å². The molecule has 0 aliphatic rings. The predicted molar refractivity (Wildman–Crippen MR) is 211 cm³/mol. The second-order valence-electron chi connectivity index (χ2n) is 15.0. The second kappa shape index (κ2) is 38.1. The van der Waals surface area contributed by atoms with Crippen LogP contribution in [0.3, 0.4) is 0 Å². The molecule has 0 saturated carbocycles. The highest BCUT2D eigenvalue weighted by Gasteiger charge is 2.17. The number of aliphatic hydroxyl groups excluding tert-OH is 1. The van der Waals surface area contributed by atoms with Gasteiger partial charge in [-0.1, -0.05) is 181 Å². The Morgan fingerprint density at radius 1 is 0.442 bits per heavy atom. The van der Waals surface area contributed by atoms with Crippen molar-refractivity contribution >= 4 is 0 Å². The van der Waals surface area contributed by atoms with Crippen LogP contribution in [-0.2, 0) is 13.1 Å². The number of aromatic nitrogens is 2. The van der Waals surface area contributed by atoms with E-state index in [0.717, 1.165) is 37.6 Å². The van der Waals surface area contributed by atoms with E-state index in [4.69, 9.17) is 9.47 Å². The Morgan fingerprint density at radius 2 is 0.712 bits per heavy atom. The van der Waals surface area contributed by atoms with Crippen molar-refractivity contribution < 1.29 is 57.7 Å². The summed E-state index contributed by atoms with van der Waals surface area (Å²) in [5.74, 6) is 1.75. The number of nitrogens with zero attached hydrogens (tertiary/aromatic N) is 2. The van der Waals surface area contributed by atoms with E-state index < -0.39 is 6.10 Å². The van der Waals surface area contributed by atoms with Crippen molar-refractivity contribution in [3.05, 3.63) is 49.1 Å². The van der Waals surface area contributed by atoms with Crippen molar-refractivity contribution in [1.29, 1.82) is 0 Å². The molecule has 302 valence electrons. The van der Waals surface area contributed by atoms with Gasteiger partial charge in [0.15, 0.2) is 43.1 Å². The van der Waals surface area contributed by atoms with Gasteiger partial charge < -0.3 is 48.5 Å². The van der Waals surface area contributed by atoms with Gasteiger partial charge >= 0.3 is 0 Å². The minimum atomic E-state index is -0.507. The summed E-state index contributed by atoms with van der Waals surface area (Å²) in [6.45, 7) is 7.13. The molecule has 5 nitrogen and oxygen atoms in total. The summed E-state index contributed by atoms with van der Waals surface area (Å²) in [4.78, 5) is 0. The lowest BCUT2D eigenvalue weighted by Gasteiger charge is -2.08. The first-order chi connectivity index (χ1) is 24.7. The maximum Gasteiger partial charge on any atom is 0.211 e. The van der Waals surface area contributed by atoms with Crippen LogP contribution in [0.1, 0.15) is 194 Å². The van der Waals surface area contributed by atoms with Crippen LogP contribution >= 0.6 is 0 Å². The quantitative estimate of drug-likeness (QED) is 0.0672. The molecule has 7 heteroatoms. The van der Waals surface area contributed by atoms with Crippen LogP contribution in [0, 0.1) is 0 Å². The third-order valence-corrected chi connectivity index (χ3v) is 10.0. The third kappa shape index (κ3) is 30.2. The van der Waals surface area contributed by atoms with E-state index in [1.165, 1.54) is 167 Å². The summed E-state index contributed by atoms with van der Waals surface area (Å²) < 4.78 is 16.2. The van der Waals surface area contributed by atoms with Gasteiger partial charge in [0.25, 0.3) is 0 Å². The number of pyridine rings is 2. The zero-order valence-electron chi connectivity index (χ0n) is 33.7. The Bertz CT molecular complexity index is 948. The molecule has 2 heterocycles. The molecule has 0 fully saturated rings. The van der Waals surface area contributed by atoms with Crippen molar-refractivity contribution in [3.63, 3.8) is 0 Å². The zero-order valence-corrected chi connectivity index (χ0v) is 36.9. The van der Waals surface area contributed by atoms with Crippen LogP contribution in [0.15, 0.2) is 49.1 Å². The summed E-state index contributed by atoms with van der Waals surface area (Å²) in [5, 5.41) is 10.8. The van der Waals surface area contributed by atoms with Gasteiger partial charge in [-0.15, -0.1) is 0 Å². The normalized spacial score (nSPS) is 11.0. The minimum absolute atomic E-state index is 0. The fourth-order valence-corrected chi connectivity index (χ4v) is 6.91. The van der Waals surface area contributed by atoms with Crippen molar-refractivity contribution in [2.24, 2.45) is 0 Å². The number of ether oxygens (including phenoxy) is 2. The molecule has 0 aromatic carbocycles. The Labute approximate surface area is 342 Å². The molecule has 0 aliphatic carbocycles. The zero-order chi connectivity index (χ0) is 35.6. The Morgan fingerprint density at radius 3 is 1.00 bits per heavy atom. The lowest BCUT2D eigenvalue weighted by molar-refractivity contribution is -0.738. The SMILES string of the molecule is CCCCCCCCCCCCCCCCOc1ccc[n+](CC(O)C[n+]2cccc(OCCCCCCCCCCCCCCCC)c2)c1.[Br-].[Br-]. The number of hydrogen-bond donors (Lipinski definition) is 1. The number of aliphatic hydroxyl groups is 1. The van der Waals surface area contributed by atoms with Gasteiger partial charge in [-0.05, 0) is 25.0 Å². The molecule has 2 aromatic rings. The van der Waals surface area contributed by atoms with Crippen molar-refractivity contribution in [2.45, 2.75) is 213 Å². The smallest absolute Gasteiger partial charge is 0.211 e.